The van der Waals surface area contributed by atoms with Gasteiger partial charge < -0.3 is 10.1 Å². The lowest BCUT2D eigenvalue weighted by Crippen LogP contribution is -1.98. The van der Waals surface area contributed by atoms with E-state index in [1.54, 1.807) is 0 Å². The predicted molar refractivity (Wildman–Crippen MR) is 70.9 cm³/mol. The summed E-state index contributed by atoms with van der Waals surface area (Å²) in [7, 11) is 0. The van der Waals surface area contributed by atoms with Crippen LogP contribution in [0.4, 0.5) is 4.39 Å². The van der Waals surface area contributed by atoms with Gasteiger partial charge in [0.1, 0.15) is 17.2 Å². The van der Waals surface area contributed by atoms with Gasteiger partial charge in [-0.3, -0.25) is 0 Å². The molecule has 0 aliphatic carbocycles. The summed E-state index contributed by atoms with van der Waals surface area (Å²) in [6.07, 6.45) is 5.21. The first-order chi connectivity index (χ1) is 9.11. The van der Waals surface area contributed by atoms with Crippen molar-refractivity contribution < 1.29 is 14.3 Å². The summed E-state index contributed by atoms with van der Waals surface area (Å²) < 4.78 is 13.3. The van der Waals surface area contributed by atoms with E-state index in [0.717, 1.165) is 37.6 Å². The van der Waals surface area contributed by atoms with Crippen molar-refractivity contribution in [1.29, 1.82) is 0 Å². The number of aryl methyl sites for hydroxylation is 1. The highest BCUT2D eigenvalue weighted by molar-refractivity contribution is 6.00. The van der Waals surface area contributed by atoms with Gasteiger partial charge in [0, 0.05) is 6.42 Å². The number of rotatable bonds is 6. The molecule has 1 aromatic heterocycles. The van der Waals surface area contributed by atoms with Crippen molar-refractivity contribution in [2.75, 3.05) is 0 Å². The molecule has 4 nitrogen and oxygen atoms in total. The number of H-pyrrole nitrogens is 1. The zero-order valence-electron chi connectivity index (χ0n) is 10.9. The molecular formula is C14H17FN2O2. The van der Waals surface area contributed by atoms with Gasteiger partial charge in [-0.1, -0.05) is 26.2 Å². The van der Waals surface area contributed by atoms with Crippen molar-refractivity contribution in [3.63, 3.8) is 0 Å². The number of carboxylic acid groups (broad SMARTS) is 1. The fourth-order valence-corrected chi connectivity index (χ4v) is 2.13. The molecule has 2 rings (SSSR count). The Morgan fingerprint density at radius 1 is 1.37 bits per heavy atom. The Hall–Kier alpha value is -1.91. The van der Waals surface area contributed by atoms with Crippen LogP contribution >= 0.6 is 0 Å². The molecule has 0 aliphatic heterocycles. The van der Waals surface area contributed by atoms with Crippen molar-refractivity contribution in [3.8, 4) is 0 Å². The maximum Gasteiger partial charge on any atom is 0.338 e. The van der Waals surface area contributed by atoms with E-state index in [0.29, 0.717) is 11.0 Å². The number of nitrogens with zero attached hydrogens (tertiary/aromatic N) is 1. The van der Waals surface area contributed by atoms with Gasteiger partial charge in [0.2, 0.25) is 0 Å². The number of benzene rings is 1. The zero-order chi connectivity index (χ0) is 13.8. The van der Waals surface area contributed by atoms with Crippen LogP contribution < -0.4 is 0 Å². The van der Waals surface area contributed by atoms with Crippen molar-refractivity contribution in [2.24, 2.45) is 0 Å². The van der Waals surface area contributed by atoms with E-state index < -0.39 is 11.8 Å². The molecule has 0 amide bonds. The summed E-state index contributed by atoms with van der Waals surface area (Å²) in [6, 6.07) is 2.29. The molecule has 0 unspecified atom stereocenters. The summed E-state index contributed by atoms with van der Waals surface area (Å²) in [4.78, 5) is 18.3. The third-order valence-corrected chi connectivity index (χ3v) is 3.10. The first-order valence-electron chi connectivity index (χ1n) is 6.53. The second-order valence-corrected chi connectivity index (χ2v) is 4.65. The average Bonchev–Trinajstić information content (AvgIpc) is 2.76. The number of unbranched alkanes of at least 4 members (excludes halogenated alkanes) is 3. The number of hydrogen-bond donors (Lipinski definition) is 2. The smallest absolute Gasteiger partial charge is 0.338 e. The molecule has 1 heterocycles. The fourth-order valence-electron chi connectivity index (χ4n) is 2.13. The number of hydrogen-bond acceptors (Lipinski definition) is 2. The molecule has 0 aliphatic rings. The van der Waals surface area contributed by atoms with Crippen LogP contribution in [0.2, 0.25) is 0 Å². The fraction of sp³-hybridized carbons (Fsp3) is 0.429. The maximum absolute atomic E-state index is 13.3. The Bertz CT molecular complexity index is 592. The largest absolute Gasteiger partial charge is 0.478 e. The van der Waals surface area contributed by atoms with Crippen LogP contribution in [0.25, 0.3) is 11.0 Å². The molecule has 102 valence electrons. The number of carboxylic acids is 1. The standard InChI is InChI=1S/C14H17FN2O2/c1-2-3-4-5-6-12-16-11-8-9(15)7-10(14(18)19)13(11)17-12/h7-8H,2-6H2,1H3,(H,16,17)(H,18,19). The predicted octanol–water partition coefficient (Wildman–Crippen LogP) is 3.52. The Morgan fingerprint density at radius 2 is 2.16 bits per heavy atom. The molecule has 0 saturated heterocycles. The molecule has 0 bridgehead atoms. The molecule has 0 atom stereocenters. The number of aromatic nitrogens is 2. The molecule has 0 saturated carbocycles. The summed E-state index contributed by atoms with van der Waals surface area (Å²) in [5.74, 6) is -1.00. The van der Waals surface area contributed by atoms with Gasteiger partial charge in [0.25, 0.3) is 0 Å². The number of halogens is 1. The number of carbonyl (C=O) groups is 1. The van der Waals surface area contributed by atoms with Crippen LogP contribution in [0.15, 0.2) is 12.1 Å². The second kappa shape index (κ2) is 5.82. The third-order valence-electron chi connectivity index (χ3n) is 3.10. The molecule has 0 radical (unpaired) electrons. The van der Waals surface area contributed by atoms with Crippen molar-refractivity contribution in [1.82, 2.24) is 9.97 Å². The lowest BCUT2D eigenvalue weighted by atomic mass is 10.1. The Morgan fingerprint density at radius 3 is 2.84 bits per heavy atom. The summed E-state index contributed by atoms with van der Waals surface area (Å²) in [5.41, 5.74) is 0.688. The maximum atomic E-state index is 13.3. The highest BCUT2D eigenvalue weighted by Crippen LogP contribution is 2.19. The lowest BCUT2D eigenvalue weighted by molar-refractivity contribution is 0.0698. The Labute approximate surface area is 110 Å². The van der Waals surface area contributed by atoms with E-state index >= 15 is 0 Å². The van der Waals surface area contributed by atoms with Gasteiger partial charge in [0.15, 0.2) is 0 Å². The quantitative estimate of drug-likeness (QED) is 0.784. The van der Waals surface area contributed by atoms with Crippen LogP contribution in [0, 0.1) is 5.82 Å². The molecular weight excluding hydrogens is 247 g/mol. The number of aromatic carboxylic acids is 1. The first-order valence-corrected chi connectivity index (χ1v) is 6.53. The first kappa shape index (κ1) is 13.5. The van der Waals surface area contributed by atoms with E-state index in [2.05, 4.69) is 16.9 Å². The summed E-state index contributed by atoms with van der Waals surface area (Å²) >= 11 is 0. The van der Waals surface area contributed by atoms with Gasteiger partial charge >= 0.3 is 5.97 Å². The second-order valence-electron chi connectivity index (χ2n) is 4.65. The van der Waals surface area contributed by atoms with Crippen LogP contribution in [-0.2, 0) is 6.42 Å². The molecule has 5 heteroatoms. The van der Waals surface area contributed by atoms with E-state index in [1.807, 2.05) is 0 Å². The molecule has 2 aromatic rings. The lowest BCUT2D eigenvalue weighted by Gasteiger charge is -1.96. The number of nitrogens with one attached hydrogen (secondary N) is 1. The third kappa shape index (κ3) is 3.10. The van der Waals surface area contributed by atoms with Gasteiger partial charge in [-0.05, 0) is 18.6 Å². The highest BCUT2D eigenvalue weighted by atomic mass is 19.1. The molecule has 19 heavy (non-hydrogen) atoms. The molecule has 0 spiro atoms. The minimum absolute atomic E-state index is 0.0916. The van der Waals surface area contributed by atoms with Crippen molar-refractivity contribution >= 4 is 17.0 Å². The number of fused-ring (bicyclic) bond motifs is 1. The highest BCUT2D eigenvalue weighted by Gasteiger charge is 2.14. The zero-order valence-corrected chi connectivity index (χ0v) is 10.9. The van der Waals surface area contributed by atoms with Crippen LogP contribution in [0.3, 0.4) is 0 Å². The topological polar surface area (TPSA) is 66.0 Å². The Balaban J connectivity index is 2.24. The van der Waals surface area contributed by atoms with Crippen molar-refractivity contribution in [2.45, 2.75) is 39.0 Å². The van der Waals surface area contributed by atoms with Crippen LogP contribution in [0.5, 0.6) is 0 Å². The number of aromatic amines is 1. The van der Waals surface area contributed by atoms with Gasteiger partial charge in [0.05, 0.1) is 11.1 Å². The SMILES string of the molecule is CCCCCCc1nc2c(C(=O)O)cc(F)cc2[nH]1. The summed E-state index contributed by atoms with van der Waals surface area (Å²) in [6.45, 7) is 2.14. The minimum Gasteiger partial charge on any atom is -0.478 e. The molecule has 2 N–H and O–H groups in total. The number of imidazole rings is 1. The normalized spacial score (nSPS) is 11.1. The van der Waals surface area contributed by atoms with E-state index in [4.69, 9.17) is 5.11 Å². The van der Waals surface area contributed by atoms with E-state index in [9.17, 15) is 9.18 Å². The molecule has 0 fully saturated rings. The van der Waals surface area contributed by atoms with Crippen LogP contribution in [0.1, 0.15) is 48.8 Å². The summed E-state index contributed by atoms with van der Waals surface area (Å²) in [5, 5.41) is 9.04. The van der Waals surface area contributed by atoms with Gasteiger partial charge in [-0.25, -0.2) is 14.2 Å². The van der Waals surface area contributed by atoms with Crippen LogP contribution in [-0.4, -0.2) is 21.0 Å². The van der Waals surface area contributed by atoms with E-state index in [-0.39, 0.29) is 5.56 Å². The van der Waals surface area contributed by atoms with Gasteiger partial charge in [-0.15, -0.1) is 0 Å². The monoisotopic (exact) mass is 264 g/mol. The molecule has 1 aromatic carbocycles. The van der Waals surface area contributed by atoms with E-state index in [1.165, 1.54) is 12.5 Å². The van der Waals surface area contributed by atoms with Gasteiger partial charge in [-0.2, -0.15) is 0 Å². The average molecular weight is 264 g/mol. The Kier molecular flexibility index (Phi) is 4.14. The van der Waals surface area contributed by atoms with Crippen molar-refractivity contribution in [3.05, 3.63) is 29.3 Å². The minimum atomic E-state index is -1.16.